The predicted molar refractivity (Wildman–Crippen MR) is 113 cm³/mol. The molecule has 2 heterocycles. The van der Waals surface area contributed by atoms with E-state index in [2.05, 4.69) is 5.32 Å². The average Bonchev–Trinajstić information content (AvgIpc) is 3.14. The Hall–Kier alpha value is -3.41. The van der Waals surface area contributed by atoms with Gasteiger partial charge in [0.2, 0.25) is 17.6 Å². The second kappa shape index (κ2) is 8.53. The van der Waals surface area contributed by atoms with Crippen LogP contribution in [0.25, 0.3) is 0 Å². The SMILES string of the molecule is CC(=O)Nc1ccc(C(Cc2ccccc2)C(=O)N2CCCC3=C2C(=O)CO3)cc1. The molecule has 2 amide bonds. The van der Waals surface area contributed by atoms with Crippen molar-refractivity contribution in [2.75, 3.05) is 18.5 Å². The molecule has 0 fully saturated rings. The molecule has 2 aliphatic rings. The van der Waals surface area contributed by atoms with Crippen molar-refractivity contribution in [1.29, 1.82) is 0 Å². The molecule has 6 nitrogen and oxygen atoms in total. The largest absolute Gasteiger partial charge is 0.487 e. The van der Waals surface area contributed by atoms with E-state index in [1.807, 2.05) is 42.5 Å². The number of ether oxygens (including phenoxy) is 1. The van der Waals surface area contributed by atoms with E-state index in [4.69, 9.17) is 4.74 Å². The molecule has 2 aliphatic heterocycles. The molecule has 0 radical (unpaired) electrons. The highest BCUT2D eigenvalue weighted by atomic mass is 16.5. The van der Waals surface area contributed by atoms with Crippen LogP contribution in [0, 0.1) is 0 Å². The lowest BCUT2D eigenvalue weighted by atomic mass is 9.89. The molecular formula is C24H24N2O4. The van der Waals surface area contributed by atoms with Gasteiger partial charge >= 0.3 is 0 Å². The molecule has 0 saturated carbocycles. The van der Waals surface area contributed by atoms with Crippen molar-refractivity contribution in [3.05, 3.63) is 77.2 Å². The first-order valence-corrected chi connectivity index (χ1v) is 10.1. The summed E-state index contributed by atoms with van der Waals surface area (Å²) < 4.78 is 5.50. The molecule has 0 spiro atoms. The van der Waals surface area contributed by atoms with Gasteiger partial charge in [-0.25, -0.2) is 0 Å². The highest BCUT2D eigenvalue weighted by Gasteiger charge is 2.38. The molecule has 0 saturated heterocycles. The number of nitrogens with zero attached hydrogens (tertiary/aromatic N) is 1. The van der Waals surface area contributed by atoms with E-state index < -0.39 is 5.92 Å². The van der Waals surface area contributed by atoms with Crippen molar-refractivity contribution >= 4 is 23.3 Å². The quantitative estimate of drug-likeness (QED) is 0.829. The van der Waals surface area contributed by atoms with Crippen LogP contribution in [0.15, 0.2) is 66.1 Å². The normalized spacial score (nSPS) is 16.7. The highest BCUT2D eigenvalue weighted by molar-refractivity contribution is 6.03. The van der Waals surface area contributed by atoms with Crippen LogP contribution in [0.2, 0.25) is 0 Å². The van der Waals surface area contributed by atoms with Crippen molar-refractivity contribution in [3.63, 3.8) is 0 Å². The molecule has 2 aromatic carbocycles. The van der Waals surface area contributed by atoms with Gasteiger partial charge in [-0.2, -0.15) is 0 Å². The minimum absolute atomic E-state index is 0.0171. The molecule has 0 aliphatic carbocycles. The molecule has 30 heavy (non-hydrogen) atoms. The molecule has 1 unspecified atom stereocenters. The Balaban J connectivity index is 1.66. The fourth-order valence-corrected chi connectivity index (χ4v) is 4.05. The smallest absolute Gasteiger partial charge is 0.235 e. The summed E-state index contributed by atoms with van der Waals surface area (Å²) in [5.74, 6) is -0.181. The summed E-state index contributed by atoms with van der Waals surface area (Å²) in [5, 5.41) is 2.75. The first-order valence-electron chi connectivity index (χ1n) is 10.1. The molecule has 2 aromatic rings. The number of hydrogen-bond acceptors (Lipinski definition) is 4. The minimum atomic E-state index is -0.445. The van der Waals surface area contributed by atoms with E-state index in [1.165, 1.54) is 6.92 Å². The van der Waals surface area contributed by atoms with Crippen LogP contribution in [0.5, 0.6) is 0 Å². The number of allylic oxidation sites excluding steroid dienone is 1. The molecule has 4 rings (SSSR count). The Morgan fingerprint density at radius 1 is 1.10 bits per heavy atom. The fourth-order valence-electron chi connectivity index (χ4n) is 4.05. The Morgan fingerprint density at radius 2 is 1.83 bits per heavy atom. The number of carbonyl (C=O) groups excluding carboxylic acids is 3. The molecule has 0 aromatic heterocycles. The maximum absolute atomic E-state index is 13.7. The van der Waals surface area contributed by atoms with E-state index in [0.29, 0.717) is 36.5 Å². The predicted octanol–water partition coefficient (Wildman–Crippen LogP) is 3.40. The van der Waals surface area contributed by atoms with Crippen LogP contribution in [0.1, 0.15) is 36.8 Å². The first-order chi connectivity index (χ1) is 14.5. The van der Waals surface area contributed by atoms with Gasteiger partial charge in [-0.3, -0.25) is 14.4 Å². The third kappa shape index (κ3) is 4.13. The van der Waals surface area contributed by atoms with Gasteiger partial charge in [-0.15, -0.1) is 0 Å². The van der Waals surface area contributed by atoms with Gasteiger partial charge in [0.05, 0.1) is 5.92 Å². The van der Waals surface area contributed by atoms with Crippen molar-refractivity contribution in [3.8, 4) is 0 Å². The van der Waals surface area contributed by atoms with E-state index in [-0.39, 0.29) is 24.2 Å². The van der Waals surface area contributed by atoms with Gasteiger partial charge in [0, 0.05) is 25.6 Å². The zero-order valence-corrected chi connectivity index (χ0v) is 16.9. The summed E-state index contributed by atoms with van der Waals surface area (Å²) in [6.45, 7) is 1.99. The van der Waals surface area contributed by atoms with Crippen LogP contribution in [0.4, 0.5) is 5.69 Å². The van der Waals surface area contributed by atoms with Crippen molar-refractivity contribution in [2.24, 2.45) is 0 Å². The molecule has 1 N–H and O–H groups in total. The van der Waals surface area contributed by atoms with Crippen molar-refractivity contribution in [1.82, 2.24) is 4.90 Å². The van der Waals surface area contributed by atoms with Gasteiger partial charge in [0.15, 0.2) is 6.61 Å². The van der Waals surface area contributed by atoms with Crippen LogP contribution in [-0.4, -0.2) is 35.6 Å². The lowest BCUT2D eigenvalue weighted by molar-refractivity contribution is -0.133. The minimum Gasteiger partial charge on any atom is -0.487 e. The summed E-state index contributed by atoms with van der Waals surface area (Å²) in [6.07, 6.45) is 1.99. The number of nitrogens with one attached hydrogen (secondary N) is 1. The summed E-state index contributed by atoms with van der Waals surface area (Å²) in [5.41, 5.74) is 3.00. The zero-order chi connectivity index (χ0) is 21.1. The van der Waals surface area contributed by atoms with E-state index in [0.717, 1.165) is 17.5 Å². The van der Waals surface area contributed by atoms with Gasteiger partial charge in [-0.05, 0) is 36.1 Å². The monoisotopic (exact) mass is 404 g/mol. The third-order valence-corrected chi connectivity index (χ3v) is 5.44. The first kappa shape index (κ1) is 19.9. The molecule has 0 bridgehead atoms. The number of hydrogen-bond donors (Lipinski definition) is 1. The molecule has 6 heteroatoms. The van der Waals surface area contributed by atoms with Crippen LogP contribution >= 0.6 is 0 Å². The molecule has 1 atom stereocenters. The number of benzene rings is 2. The van der Waals surface area contributed by atoms with Crippen molar-refractivity contribution < 1.29 is 19.1 Å². The fraction of sp³-hybridized carbons (Fsp3) is 0.292. The second-order valence-electron chi connectivity index (χ2n) is 7.62. The zero-order valence-electron chi connectivity index (χ0n) is 16.9. The summed E-state index contributed by atoms with van der Waals surface area (Å²) in [7, 11) is 0. The van der Waals surface area contributed by atoms with Crippen LogP contribution in [-0.2, 0) is 25.5 Å². The summed E-state index contributed by atoms with van der Waals surface area (Å²) in [4.78, 5) is 39.0. The van der Waals surface area contributed by atoms with Gasteiger partial charge < -0.3 is 15.0 Å². The van der Waals surface area contributed by atoms with Gasteiger partial charge in [0.1, 0.15) is 11.5 Å². The number of anilines is 1. The average molecular weight is 404 g/mol. The number of carbonyl (C=O) groups is 3. The highest BCUT2D eigenvalue weighted by Crippen LogP contribution is 2.33. The lowest BCUT2D eigenvalue weighted by Gasteiger charge is -2.30. The Morgan fingerprint density at radius 3 is 2.53 bits per heavy atom. The summed E-state index contributed by atoms with van der Waals surface area (Å²) in [6, 6.07) is 17.2. The second-order valence-corrected chi connectivity index (χ2v) is 7.62. The topological polar surface area (TPSA) is 75.7 Å². The van der Waals surface area contributed by atoms with Crippen LogP contribution in [0.3, 0.4) is 0 Å². The third-order valence-electron chi connectivity index (χ3n) is 5.44. The number of Topliss-reactive ketones (excluding diaryl/α,β-unsaturated/α-hetero) is 1. The molecule has 154 valence electrons. The maximum Gasteiger partial charge on any atom is 0.235 e. The number of ketones is 1. The van der Waals surface area contributed by atoms with Gasteiger partial charge in [-0.1, -0.05) is 42.5 Å². The van der Waals surface area contributed by atoms with E-state index in [9.17, 15) is 14.4 Å². The summed E-state index contributed by atoms with van der Waals surface area (Å²) >= 11 is 0. The maximum atomic E-state index is 13.7. The Labute approximate surface area is 175 Å². The number of amides is 2. The van der Waals surface area contributed by atoms with E-state index in [1.54, 1.807) is 17.0 Å². The molecular weight excluding hydrogens is 380 g/mol. The number of rotatable bonds is 5. The van der Waals surface area contributed by atoms with Crippen LogP contribution < -0.4 is 5.32 Å². The lowest BCUT2D eigenvalue weighted by Crippen LogP contribution is -2.40. The van der Waals surface area contributed by atoms with Crippen molar-refractivity contribution in [2.45, 2.75) is 32.1 Å². The Bertz CT molecular complexity index is 996. The van der Waals surface area contributed by atoms with E-state index >= 15 is 0 Å². The standard InChI is InChI=1S/C24H24N2O4/c1-16(27)25-19-11-9-18(10-12-19)20(14-17-6-3-2-4-7-17)24(29)26-13-5-8-22-23(26)21(28)15-30-22/h2-4,6-7,9-12,20H,5,8,13-15H2,1H3,(H,25,27). The van der Waals surface area contributed by atoms with Gasteiger partial charge in [0.25, 0.3) is 0 Å². The Kier molecular flexibility index (Phi) is 5.65.